The lowest BCUT2D eigenvalue weighted by atomic mass is 10.1. The Hall–Kier alpha value is -5.49. The number of aromatic nitrogens is 3. The Morgan fingerprint density at radius 1 is 0.700 bits per heavy atom. The molecule has 40 heavy (non-hydrogen) atoms. The summed E-state index contributed by atoms with van der Waals surface area (Å²) in [6, 6.07) is 38.9. The molecular formula is C34H22N4O2. The van der Waals surface area contributed by atoms with Crippen LogP contribution in [0.15, 0.2) is 124 Å². The van der Waals surface area contributed by atoms with E-state index in [1.807, 2.05) is 42.5 Å². The molecule has 190 valence electrons. The van der Waals surface area contributed by atoms with Gasteiger partial charge in [-0.3, -0.25) is 0 Å². The van der Waals surface area contributed by atoms with Crippen molar-refractivity contribution in [3.05, 3.63) is 131 Å². The summed E-state index contributed by atoms with van der Waals surface area (Å²) < 4.78 is 7.86. The van der Waals surface area contributed by atoms with Crippen LogP contribution in [-0.4, -0.2) is 14.4 Å². The van der Waals surface area contributed by atoms with Crippen LogP contribution < -0.4 is 10.6 Å². The minimum absolute atomic E-state index is 0.268. The van der Waals surface area contributed by atoms with Crippen LogP contribution in [0.4, 0.5) is 17.1 Å². The summed E-state index contributed by atoms with van der Waals surface area (Å²) in [4.78, 5) is 24.3. The molecule has 0 saturated carbocycles. The second-order valence-corrected chi connectivity index (χ2v) is 10.0. The first-order chi connectivity index (χ1) is 19.6. The molecule has 0 atom stereocenters. The van der Waals surface area contributed by atoms with Gasteiger partial charge in [-0.2, -0.15) is 4.98 Å². The zero-order valence-electron chi connectivity index (χ0n) is 21.6. The van der Waals surface area contributed by atoms with Crippen molar-refractivity contribution in [2.45, 2.75) is 6.92 Å². The molecule has 8 aromatic rings. The zero-order chi connectivity index (χ0) is 26.8. The van der Waals surface area contributed by atoms with Gasteiger partial charge in [0.1, 0.15) is 5.58 Å². The van der Waals surface area contributed by atoms with E-state index in [0.717, 1.165) is 44.3 Å². The lowest BCUT2D eigenvalue weighted by Crippen LogP contribution is -2.16. The molecule has 5 aromatic carbocycles. The SMILES string of the molecule is Cc1ccc(N(c2ccc3cc4c(nc(=O)n5c6ccccc6nc45)oc3c2)c2cccc3ccccc23)cc1. The van der Waals surface area contributed by atoms with Gasteiger partial charge < -0.3 is 9.32 Å². The summed E-state index contributed by atoms with van der Waals surface area (Å²) >= 11 is 0. The van der Waals surface area contributed by atoms with Gasteiger partial charge in [-0.15, -0.1) is 0 Å². The topological polar surface area (TPSA) is 63.6 Å². The van der Waals surface area contributed by atoms with Gasteiger partial charge in [0, 0.05) is 28.2 Å². The summed E-state index contributed by atoms with van der Waals surface area (Å²) in [5.74, 6) is 0. The number of fused-ring (bicyclic) bond motifs is 7. The normalized spacial score (nSPS) is 11.7. The number of benzene rings is 5. The minimum Gasteiger partial charge on any atom is -0.437 e. The maximum atomic E-state index is 13.0. The molecule has 3 aromatic heterocycles. The van der Waals surface area contributed by atoms with E-state index in [-0.39, 0.29) is 5.71 Å². The highest BCUT2D eigenvalue weighted by Gasteiger charge is 2.18. The van der Waals surface area contributed by atoms with Crippen molar-refractivity contribution in [2.75, 3.05) is 4.90 Å². The first-order valence-electron chi connectivity index (χ1n) is 13.1. The van der Waals surface area contributed by atoms with Crippen LogP contribution in [0.1, 0.15) is 5.56 Å². The molecule has 0 saturated heterocycles. The predicted molar refractivity (Wildman–Crippen MR) is 161 cm³/mol. The summed E-state index contributed by atoms with van der Waals surface area (Å²) in [7, 11) is 0. The smallest absolute Gasteiger partial charge is 0.357 e. The van der Waals surface area contributed by atoms with E-state index < -0.39 is 5.69 Å². The summed E-state index contributed by atoms with van der Waals surface area (Å²) in [5.41, 5.74) is 6.74. The van der Waals surface area contributed by atoms with E-state index in [1.54, 1.807) is 4.40 Å². The molecular weight excluding hydrogens is 496 g/mol. The molecule has 0 bridgehead atoms. The standard InChI is InChI=1S/C34H22N4O2/c1-21-13-16-24(17-14-21)37(29-12-6-8-22-7-2-3-9-26(22)29)25-18-15-23-19-27-32-35-28-10-4-5-11-30(28)38(32)34(39)36-33(27)40-31(23)20-25/h2-20H,1H3. The number of imidazole rings is 1. The third kappa shape index (κ3) is 3.39. The average molecular weight is 519 g/mol. The third-order valence-corrected chi connectivity index (χ3v) is 7.48. The average Bonchev–Trinajstić information content (AvgIpc) is 3.38. The number of rotatable bonds is 3. The van der Waals surface area contributed by atoms with Crippen molar-refractivity contribution in [2.24, 2.45) is 0 Å². The van der Waals surface area contributed by atoms with Crippen molar-refractivity contribution in [1.29, 1.82) is 0 Å². The fourth-order valence-electron chi connectivity index (χ4n) is 5.55. The van der Waals surface area contributed by atoms with Gasteiger partial charge in [0.15, 0.2) is 5.65 Å². The molecule has 0 unspecified atom stereocenters. The van der Waals surface area contributed by atoms with Crippen molar-refractivity contribution >= 4 is 66.6 Å². The highest BCUT2D eigenvalue weighted by atomic mass is 16.3. The number of anilines is 3. The molecule has 0 aliphatic carbocycles. The molecule has 0 N–H and O–H groups in total. The van der Waals surface area contributed by atoms with E-state index >= 15 is 0 Å². The highest BCUT2D eigenvalue weighted by Crippen LogP contribution is 2.40. The van der Waals surface area contributed by atoms with E-state index in [9.17, 15) is 4.79 Å². The Morgan fingerprint density at radius 2 is 1.48 bits per heavy atom. The van der Waals surface area contributed by atoms with Gasteiger partial charge in [0.2, 0.25) is 5.71 Å². The molecule has 0 aliphatic rings. The fraction of sp³-hybridized carbons (Fsp3) is 0.0294. The fourth-order valence-corrected chi connectivity index (χ4v) is 5.55. The summed E-state index contributed by atoms with van der Waals surface area (Å²) in [6.45, 7) is 2.09. The second-order valence-electron chi connectivity index (χ2n) is 10.0. The highest BCUT2D eigenvalue weighted by molar-refractivity contribution is 6.02. The molecule has 3 heterocycles. The third-order valence-electron chi connectivity index (χ3n) is 7.48. The van der Waals surface area contributed by atoms with Crippen LogP contribution in [-0.2, 0) is 0 Å². The van der Waals surface area contributed by atoms with Crippen LogP contribution in [0.5, 0.6) is 0 Å². The Morgan fingerprint density at radius 3 is 2.38 bits per heavy atom. The molecule has 0 spiro atoms. The quantitative estimate of drug-likeness (QED) is 0.221. The Labute approximate surface area is 228 Å². The first kappa shape index (κ1) is 22.5. The monoisotopic (exact) mass is 518 g/mol. The molecule has 0 fully saturated rings. The molecule has 0 aliphatic heterocycles. The van der Waals surface area contributed by atoms with Gasteiger partial charge in [-0.25, -0.2) is 14.2 Å². The molecule has 0 amide bonds. The van der Waals surface area contributed by atoms with Gasteiger partial charge >= 0.3 is 5.69 Å². The van der Waals surface area contributed by atoms with Gasteiger partial charge in [-0.1, -0.05) is 66.2 Å². The number of para-hydroxylation sites is 2. The van der Waals surface area contributed by atoms with Gasteiger partial charge in [0.05, 0.1) is 22.1 Å². The lowest BCUT2D eigenvalue weighted by Gasteiger charge is -2.27. The van der Waals surface area contributed by atoms with Crippen LogP contribution in [0.3, 0.4) is 0 Å². The van der Waals surface area contributed by atoms with E-state index in [1.165, 1.54) is 5.56 Å². The maximum Gasteiger partial charge on any atom is 0.357 e. The number of hydrogen-bond donors (Lipinski definition) is 0. The van der Waals surface area contributed by atoms with Crippen LogP contribution in [0.2, 0.25) is 0 Å². The molecule has 6 nitrogen and oxygen atoms in total. The Bertz CT molecular complexity index is 2310. The van der Waals surface area contributed by atoms with Crippen molar-refractivity contribution in [1.82, 2.24) is 14.4 Å². The Kier molecular flexibility index (Phi) is 4.79. The molecule has 0 radical (unpaired) electrons. The van der Waals surface area contributed by atoms with E-state index in [0.29, 0.717) is 16.6 Å². The summed E-state index contributed by atoms with van der Waals surface area (Å²) in [5, 5.41) is 3.90. The van der Waals surface area contributed by atoms with Crippen molar-refractivity contribution < 1.29 is 4.42 Å². The van der Waals surface area contributed by atoms with E-state index in [2.05, 4.69) is 89.6 Å². The first-order valence-corrected chi connectivity index (χ1v) is 13.1. The Balaban J connectivity index is 1.37. The maximum absolute atomic E-state index is 13.0. The largest absolute Gasteiger partial charge is 0.437 e. The summed E-state index contributed by atoms with van der Waals surface area (Å²) in [6.07, 6.45) is 0. The van der Waals surface area contributed by atoms with Crippen LogP contribution >= 0.6 is 0 Å². The predicted octanol–water partition coefficient (Wildman–Crippen LogP) is 8.07. The van der Waals surface area contributed by atoms with Crippen molar-refractivity contribution in [3.8, 4) is 0 Å². The van der Waals surface area contributed by atoms with Gasteiger partial charge in [0.25, 0.3) is 0 Å². The van der Waals surface area contributed by atoms with Crippen LogP contribution in [0.25, 0.3) is 49.5 Å². The minimum atomic E-state index is -0.410. The van der Waals surface area contributed by atoms with Gasteiger partial charge in [-0.05, 0) is 60.8 Å². The molecule has 6 heteroatoms. The number of aryl methyl sites for hydroxylation is 1. The van der Waals surface area contributed by atoms with Crippen molar-refractivity contribution in [3.63, 3.8) is 0 Å². The number of hydrogen-bond acceptors (Lipinski definition) is 5. The second kappa shape index (κ2) is 8.51. The molecule has 8 rings (SSSR count). The number of nitrogens with zero attached hydrogens (tertiary/aromatic N) is 4. The zero-order valence-corrected chi connectivity index (χ0v) is 21.6. The van der Waals surface area contributed by atoms with Crippen LogP contribution in [0, 0.1) is 6.92 Å². The lowest BCUT2D eigenvalue weighted by molar-refractivity contribution is 0.641. The van der Waals surface area contributed by atoms with E-state index in [4.69, 9.17) is 9.40 Å².